The van der Waals surface area contributed by atoms with Crippen LogP contribution in [-0.2, 0) is 20.9 Å². The number of carbonyl (C=O) groups is 3. The molecule has 0 N–H and O–H groups in total. The number of rotatable bonds is 6. The number of nitrogens with zero attached hydrogens (tertiary/aromatic N) is 1. The fraction of sp³-hybridized carbons (Fsp3) is 0.227. The van der Waals surface area contributed by atoms with Crippen molar-refractivity contribution in [2.75, 3.05) is 7.11 Å². The van der Waals surface area contributed by atoms with Gasteiger partial charge in [-0.05, 0) is 77.5 Å². The Labute approximate surface area is 192 Å². The second-order valence-electron chi connectivity index (χ2n) is 6.71. The number of aryl methyl sites for hydroxylation is 1. The molecule has 8 heteroatoms. The maximum atomic E-state index is 12.6. The molecule has 2 aromatic carbocycles. The zero-order chi connectivity index (χ0) is 21.8. The number of imide groups is 1. The summed E-state index contributed by atoms with van der Waals surface area (Å²) in [5.74, 6) is -0.401. The van der Waals surface area contributed by atoms with Gasteiger partial charge < -0.3 is 9.47 Å². The number of thioether (sulfide) groups is 1. The van der Waals surface area contributed by atoms with Crippen molar-refractivity contribution in [3.8, 4) is 5.75 Å². The molecule has 1 saturated heterocycles. The van der Waals surface area contributed by atoms with Gasteiger partial charge in [-0.2, -0.15) is 0 Å². The maximum absolute atomic E-state index is 12.6. The molecule has 0 saturated carbocycles. The molecule has 1 atom stereocenters. The van der Waals surface area contributed by atoms with Gasteiger partial charge >= 0.3 is 5.97 Å². The Kier molecular flexibility index (Phi) is 7.19. The van der Waals surface area contributed by atoms with Crippen LogP contribution in [0, 0.1) is 10.5 Å². The third-order valence-corrected chi connectivity index (χ3v) is 6.25. The highest BCUT2D eigenvalue weighted by atomic mass is 127. The van der Waals surface area contributed by atoms with Crippen LogP contribution < -0.4 is 4.74 Å². The van der Waals surface area contributed by atoms with Gasteiger partial charge in [-0.3, -0.25) is 14.5 Å². The van der Waals surface area contributed by atoms with E-state index in [9.17, 15) is 14.4 Å². The lowest BCUT2D eigenvalue weighted by molar-refractivity contribution is -0.148. The summed E-state index contributed by atoms with van der Waals surface area (Å²) < 4.78 is 11.4. The van der Waals surface area contributed by atoms with Gasteiger partial charge in [0, 0.05) is 0 Å². The Morgan fingerprint density at radius 1 is 1.20 bits per heavy atom. The number of amides is 2. The highest BCUT2D eigenvalue weighted by Gasteiger charge is 2.41. The molecule has 2 aromatic rings. The third kappa shape index (κ3) is 5.04. The van der Waals surface area contributed by atoms with Crippen LogP contribution in [0.5, 0.6) is 5.75 Å². The summed E-state index contributed by atoms with van der Waals surface area (Å²) in [6.07, 6.45) is 1.64. The predicted molar refractivity (Wildman–Crippen MR) is 124 cm³/mol. The Bertz CT molecular complexity index is 1020. The molecule has 6 nitrogen and oxygen atoms in total. The van der Waals surface area contributed by atoms with Gasteiger partial charge in [0.25, 0.3) is 11.1 Å². The minimum Gasteiger partial charge on any atom is -0.488 e. The molecule has 0 bridgehead atoms. The third-order valence-electron chi connectivity index (χ3n) is 4.52. The lowest BCUT2D eigenvalue weighted by Crippen LogP contribution is -2.42. The van der Waals surface area contributed by atoms with Crippen molar-refractivity contribution in [1.29, 1.82) is 0 Å². The van der Waals surface area contributed by atoms with Crippen molar-refractivity contribution in [2.45, 2.75) is 26.5 Å². The van der Waals surface area contributed by atoms with Gasteiger partial charge in [0.1, 0.15) is 18.4 Å². The van der Waals surface area contributed by atoms with Crippen LogP contribution in [0.4, 0.5) is 4.79 Å². The molecule has 1 fully saturated rings. The summed E-state index contributed by atoms with van der Waals surface area (Å²) >= 11 is 2.98. The summed E-state index contributed by atoms with van der Waals surface area (Å²) in [5.41, 5.74) is 3.04. The first-order valence-electron chi connectivity index (χ1n) is 9.13. The number of hydrogen-bond donors (Lipinski definition) is 0. The first-order valence-corrected chi connectivity index (χ1v) is 11.0. The van der Waals surface area contributed by atoms with Crippen LogP contribution in [0.3, 0.4) is 0 Å². The largest absolute Gasteiger partial charge is 0.488 e. The van der Waals surface area contributed by atoms with Gasteiger partial charge in [-0.15, -0.1) is 0 Å². The van der Waals surface area contributed by atoms with Crippen molar-refractivity contribution >= 4 is 57.5 Å². The average Bonchev–Trinajstić information content (AvgIpc) is 3.00. The molecule has 0 aliphatic carbocycles. The zero-order valence-electron chi connectivity index (χ0n) is 16.7. The molecule has 1 aliphatic rings. The number of carbonyl (C=O) groups excluding carboxylic acids is 3. The summed E-state index contributed by atoms with van der Waals surface area (Å²) in [4.78, 5) is 37.7. The molecule has 1 aliphatic heterocycles. The van der Waals surface area contributed by atoms with E-state index in [0.29, 0.717) is 6.61 Å². The van der Waals surface area contributed by atoms with Gasteiger partial charge in [0.05, 0.1) is 15.6 Å². The lowest BCUT2D eigenvalue weighted by atomic mass is 10.1. The smallest absolute Gasteiger partial charge is 0.328 e. The first kappa shape index (κ1) is 22.4. The van der Waals surface area contributed by atoms with Crippen molar-refractivity contribution < 1.29 is 23.9 Å². The number of methoxy groups -OCH3 is 1. The highest BCUT2D eigenvalue weighted by molar-refractivity contribution is 14.1. The van der Waals surface area contributed by atoms with Crippen LogP contribution in [0.2, 0.25) is 0 Å². The molecule has 30 heavy (non-hydrogen) atoms. The van der Waals surface area contributed by atoms with E-state index in [-0.39, 0.29) is 4.91 Å². The van der Waals surface area contributed by atoms with Crippen LogP contribution in [0.1, 0.15) is 23.6 Å². The SMILES string of the molecule is COC(=O)[C@H](C)N1C(=O)S/C(=C/c2ccc(OCc3ccc(C)cc3)c(I)c2)C1=O. The van der Waals surface area contributed by atoms with Crippen molar-refractivity contribution in [3.05, 3.63) is 67.6 Å². The molecule has 2 amide bonds. The number of hydrogen-bond acceptors (Lipinski definition) is 6. The summed E-state index contributed by atoms with van der Waals surface area (Å²) in [7, 11) is 1.22. The van der Waals surface area contributed by atoms with E-state index in [4.69, 9.17) is 4.74 Å². The normalized spacial score (nSPS) is 16.1. The van der Waals surface area contributed by atoms with Crippen LogP contribution in [0.25, 0.3) is 6.08 Å². The Morgan fingerprint density at radius 2 is 1.90 bits per heavy atom. The quantitative estimate of drug-likeness (QED) is 0.300. The molecule has 0 radical (unpaired) electrons. The standard InChI is InChI=1S/C22H20INO5S/c1-13-4-6-15(7-5-13)12-29-18-9-8-16(10-17(18)23)11-19-20(25)24(22(27)30-19)14(2)21(26)28-3/h4-11,14H,12H2,1-3H3/b19-11+/t14-/m0/s1. The number of benzene rings is 2. The summed E-state index contributed by atoms with van der Waals surface area (Å²) in [5, 5.41) is -0.489. The number of halogens is 1. The van der Waals surface area contributed by atoms with E-state index < -0.39 is 23.2 Å². The molecule has 3 rings (SSSR count). The average molecular weight is 537 g/mol. The van der Waals surface area contributed by atoms with Gasteiger partial charge in [0.2, 0.25) is 0 Å². The predicted octanol–water partition coefficient (Wildman–Crippen LogP) is 4.78. The van der Waals surface area contributed by atoms with Crippen molar-refractivity contribution in [3.63, 3.8) is 0 Å². The molecule has 0 unspecified atom stereocenters. The second-order valence-corrected chi connectivity index (χ2v) is 8.87. The van der Waals surface area contributed by atoms with E-state index in [1.807, 2.05) is 49.4 Å². The Balaban J connectivity index is 1.72. The molecule has 156 valence electrons. The van der Waals surface area contributed by atoms with Crippen molar-refractivity contribution in [2.24, 2.45) is 0 Å². The van der Waals surface area contributed by atoms with Crippen LogP contribution >= 0.6 is 34.4 Å². The van der Waals surface area contributed by atoms with Crippen molar-refractivity contribution in [1.82, 2.24) is 4.90 Å². The fourth-order valence-electron chi connectivity index (χ4n) is 2.81. The summed E-state index contributed by atoms with van der Waals surface area (Å²) in [6.45, 7) is 3.96. The second kappa shape index (κ2) is 9.65. The molecule has 0 spiro atoms. The minimum absolute atomic E-state index is 0.264. The van der Waals surface area contributed by atoms with Gasteiger partial charge in [-0.25, -0.2) is 4.79 Å². The zero-order valence-corrected chi connectivity index (χ0v) is 19.7. The molecule has 1 heterocycles. The fourth-order valence-corrected chi connectivity index (χ4v) is 4.41. The van der Waals surface area contributed by atoms with E-state index in [2.05, 4.69) is 27.3 Å². The van der Waals surface area contributed by atoms with E-state index >= 15 is 0 Å². The maximum Gasteiger partial charge on any atom is 0.328 e. The highest BCUT2D eigenvalue weighted by Crippen LogP contribution is 2.34. The lowest BCUT2D eigenvalue weighted by Gasteiger charge is -2.18. The monoisotopic (exact) mass is 537 g/mol. The summed E-state index contributed by atoms with van der Waals surface area (Å²) in [6, 6.07) is 12.7. The van der Waals surface area contributed by atoms with Crippen LogP contribution in [-0.4, -0.2) is 35.2 Å². The Hall–Kier alpha value is -2.33. The van der Waals surface area contributed by atoms with Gasteiger partial charge in [0.15, 0.2) is 0 Å². The molecular weight excluding hydrogens is 517 g/mol. The van der Waals surface area contributed by atoms with Gasteiger partial charge in [-0.1, -0.05) is 35.9 Å². The van der Waals surface area contributed by atoms with E-state index in [1.165, 1.54) is 19.6 Å². The molecule has 0 aromatic heterocycles. The van der Waals surface area contributed by atoms with E-state index in [1.54, 1.807) is 6.08 Å². The number of ether oxygens (including phenoxy) is 2. The minimum atomic E-state index is -0.967. The first-order chi connectivity index (χ1) is 14.3. The Morgan fingerprint density at radius 3 is 2.53 bits per heavy atom. The topological polar surface area (TPSA) is 72.9 Å². The number of esters is 1. The van der Waals surface area contributed by atoms with E-state index in [0.717, 1.165) is 37.1 Å². The van der Waals surface area contributed by atoms with Crippen LogP contribution in [0.15, 0.2) is 47.4 Å². The molecular formula is C22H20INO5S.